The molecule has 0 radical (unpaired) electrons. The topological polar surface area (TPSA) is 169 Å². The van der Waals surface area contributed by atoms with E-state index in [0.29, 0.717) is 13.0 Å². The van der Waals surface area contributed by atoms with Crippen molar-refractivity contribution >= 4 is 0 Å². The molecular formula is C18H32O10. The Morgan fingerprint density at radius 1 is 0.929 bits per heavy atom. The highest BCUT2D eigenvalue weighted by molar-refractivity contribution is 4.96. The Balaban J connectivity index is 2.03. The molecule has 1 aliphatic heterocycles. The summed E-state index contributed by atoms with van der Waals surface area (Å²) in [6.07, 6.45) is -8.60. The zero-order chi connectivity index (χ0) is 20.8. The lowest BCUT2D eigenvalue weighted by molar-refractivity contribution is -0.331. The van der Waals surface area contributed by atoms with Crippen LogP contribution in [-0.4, -0.2) is 111 Å². The third kappa shape index (κ3) is 5.28. The van der Waals surface area contributed by atoms with E-state index in [4.69, 9.17) is 14.2 Å². The maximum Gasteiger partial charge on any atom is 0.187 e. The standard InChI is InChI=1S/C18H32O10/c1-2-3-4-5-26-10-6-9(7-19)17(15(24)12(10)21)28-18-16(25)14(23)13(22)11(8-20)27-18/h2,9-25H,1,3-8H2/t9?,10-,11?,12?,13+,14?,15?,16?,17-,18+/m1/s1. The van der Waals surface area contributed by atoms with Crippen molar-refractivity contribution in [1.82, 2.24) is 0 Å². The summed E-state index contributed by atoms with van der Waals surface area (Å²) >= 11 is 0. The third-order valence-electron chi connectivity index (χ3n) is 5.33. The average Bonchev–Trinajstić information content (AvgIpc) is 2.70. The molecule has 0 bridgehead atoms. The normalized spacial score (nSPS) is 44.4. The molecule has 0 aromatic heterocycles. The first-order valence-corrected chi connectivity index (χ1v) is 9.51. The number of aliphatic hydroxyl groups is 7. The Labute approximate surface area is 163 Å². The lowest BCUT2D eigenvalue weighted by atomic mass is 9.81. The van der Waals surface area contributed by atoms with E-state index in [1.807, 2.05) is 0 Å². The van der Waals surface area contributed by atoms with Crippen molar-refractivity contribution in [1.29, 1.82) is 0 Å². The number of unbranched alkanes of at least 4 members (excludes halogenated alkanes) is 1. The maximum absolute atomic E-state index is 10.5. The Hall–Kier alpha value is -0.660. The SMILES string of the molecule is C=CCCCO[C@@H]1CC(CO)[C@@H](O[C@@H]2OC(CO)[C@H](O)C(O)C2O)C(O)C1O. The minimum absolute atomic E-state index is 0.199. The van der Waals surface area contributed by atoms with Gasteiger partial charge in [-0.15, -0.1) is 6.58 Å². The molecule has 10 nitrogen and oxygen atoms in total. The molecule has 1 aliphatic carbocycles. The van der Waals surface area contributed by atoms with E-state index < -0.39 is 67.6 Å². The van der Waals surface area contributed by atoms with E-state index >= 15 is 0 Å². The van der Waals surface area contributed by atoms with Gasteiger partial charge >= 0.3 is 0 Å². The van der Waals surface area contributed by atoms with Gasteiger partial charge < -0.3 is 50.0 Å². The maximum atomic E-state index is 10.5. The van der Waals surface area contributed by atoms with E-state index in [-0.39, 0.29) is 13.0 Å². The van der Waals surface area contributed by atoms with E-state index in [1.165, 1.54) is 0 Å². The van der Waals surface area contributed by atoms with Crippen molar-refractivity contribution in [3.8, 4) is 0 Å². The summed E-state index contributed by atoms with van der Waals surface area (Å²) < 4.78 is 16.5. The van der Waals surface area contributed by atoms with Crippen LogP contribution in [0.5, 0.6) is 0 Å². The van der Waals surface area contributed by atoms with Crippen LogP contribution in [0.1, 0.15) is 19.3 Å². The molecule has 164 valence electrons. The summed E-state index contributed by atoms with van der Waals surface area (Å²) in [4.78, 5) is 0. The van der Waals surface area contributed by atoms with Gasteiger partial charge in [0.25, 0.3) is 0 Å². The second-order valence-electron chi connectivity index (χ2n) is 7.30. The van der Waals surface area contributed by atoms with Crippen LogP contribution in [0.2, 0.25) is 0 Å². The Morgan fingerprint density at radius 3 is 2.25 bits per heavy atom. The number of hydrogen-bond donors (Lipinski definition) is 7. The molecule has 1 heterocycles. The number of rotatable bonds is 9. The lowest BCUT2D eigenvalue weighted by Gasteiger charge is -2.46. The van der Waals surface area contributed by atoms with Crippen molar-refractivity contribution in [2.24, 2.45) is 5.92 Å². The summed E-state index contributed by atoms with van der Waals surface area (Å²) in [5.74, 6) is -0.629. The predicted molar refractivity (Wildman–Crippen MR) is 95.0 cm³/mol. The summed E-state index contributed by atoms with van der Waals surface area (Å²) in [5.41, 5.74) is 0. The molecule has 10 heteroatoms. The van der Waals surface area contributed by atoms with Gasteiger partial charge in [-0.1, -0.05) is 6.08 Å². The highest BCUT2D eigenvalue weighted by Gasteiger charge is 2.49. The second-order valence-corrected chi connectivity index (χ2v) is 7.30. The van der Waals surface area contributed by atoms with Gasteiger partial charge in [0.1, 0.15) is 36.6 Å². The molecule has 10 atom stereocenters. The fourth-order valence-corrected chi connectivity index (χ4v) is 3.60. The van der Waals surface area contributed by atoms with E-state index in [9.17, 15) is 35.7 Å². The molecule has 0 aromatic rings. The first-order chi connectivity index (χ1) is 13.3. The Morgan fingerprint density at radius 2 is 1.64 bits per heavy atom. The molecule has 6 unspecified atom stereocenters. The lowest BCUT2D eigenvalue weighted by Crippen LogP contribution is -2.63. The van der Waals surface area contributed by atoms with Gasteiger partial charge in [0, 0.05) is 19.1 Å². The van der Waals surface area contributed by atoms with Gasteiger partial charge in [0.15, 0.2) is 6.29 Å². The highest BCUT2D eigenvalue weighted by Crippen LogP contribution is 2.33. The van der Waals surface area contributed by atoms with Crippen LogP contribution in [0.4, 0.5) is 0 Å². The second kappa shape index (κ2) is 10.9. The van der Waals surface area contributed by atoms with Gasteiger partial charge in [0.2, 0.25) is 0 Å². The number of hydrogen-bond acceptors (Lipinski definition) is 10. The van der Waals surface area contributed by atoms with Crippen molar-refractivity contribution < 1.29 is 50.0 Å². The van der Waals surface area contributed by atoms with Crippen LogP contribution in [0.25, 0.3) is 0 Å². The fraction of sp³-hybridized carbons (Fsp3) is 0.889. The molecule has 0 aromatic carbocycles. The molecule has 0 amide bonds. The quantitative estimate of drug-likeness (QED) is 0.157. The van der Waals surface area contributed by atoms with Gasteiger partial charge in [-0.2, -0.15) is 0 Å². The smallest absolute Gasteiger partial charge is 0.187 e. The first kappa shape index (κ1) is 23.6. The Bertz CT molecular complexity index is 473. The van der Waals surface area contributed by atoms with Crippen LogP contribution in [0.3, 0.4) is 0 Å². The summed E-state index contributed by atoms with van der Waals surface area (Å²) in [7, 11) is 0. The molecule has 1 saturated carbocycles. The van der Waals surface area contributed by atoms with Crippen LogP contribution < -0.4 is 0 Å². The van der Waals surface area contributed by atoms with Crippen LogP contribution in [-0.2, 0) is 14.2 Å². The number of ether oxygens (including phenoxy) is 3. The van der Waals surface area contributed by atoms with Crippen molar-refractivity contribution in [2.45, 2.75) is 74.4 Å². The molecule has 7 N–H and O–H groups in total. The van der Waals surface area contributed by atoms with Crippen LogP contribution in [0, 0.1) is 5.92 Å². The minimum Gasteiger partial charge on any atom is -0.396 e. The van der Waals surface area contributed by atoms with E-state index in [0.717, 1.165) is 6.42 Å². The van der Waals surface area contributed by atoms with Crippen molar-refractivity contribution in [3.05, 3.63) is 12.7 Å². The number of allylic oxidation sites excluding steroid dienone is 1. The average molecular weight is 408 g/mol. The summed E-state index contributed by atoms with van der Waals surface area (Å²) in [5, 5.41) is 69.6. The summed E-state index contributed by atoms with van der Waals surface area (Å²) in [6.45, 7) is 2.98. The van der Waals surface area contributed by atoms with Gasteiger partial charge in [-0.25, -0.2) is 0 Å². The zero-order valence-corrected chi connectivity index (χ0v) is 15.7. The van der Waals surface area contributed by atoms with E-state index in [1.54, 1.807) is 6.08 Å². The monoisotopic (exact) mass is 408 g/mol. The third-order valence-corrected chi connectivity index (χ3v) is 5.33. The van der Waals surface area contributed by atoms with E-state index in [2.05, 4.69) is 6.58 Å². The molecular weight excluding hydrogens is 376 g/mol. The summed E-state index contributed by atoms with van der Waals surface area (Å²) in [6, 6.07) is 0. The van der Waals surface area contributed by atoms with Crippen molar-refractivity contribution in [2.75, 3.05) is 19.8 Å². The first-order valence-electron chi connectivity index (χ1n) is 9.51. The van der Waals surface area contributed by atoms with Gasteiger partial charge in [-0.05, 0) is 19.3 Å². The molecule has 0 spiro atoms. The zero-order valence-electron chi connectivity index (χ0n) is 15.7. The molecule has 2 aliphatic rings. The molecule has 2 rings (SSSR count). The minimum atomic E-state index is -1.64. The van der Waals surface area contributed by atoms with Crippen molar-refractivity contribution in [3.63, 3.8) is 0 Å². The van der Waals surface area contributed by atoms with Gasteiger partial charge in [0.05, 0.1) is 18.8 Å². The highest BCUT2D eigenvalue weighted by atomic mass is 16.7. The van der Waals surface area contributed by atoms with Gasteiger partial charge in [-0.3, -0.25) is 0 Å². The molecule has 28 heavy (non-hydrogen) atoms. The predicted octanol–water partition coefficient (Wildman–Crippen LogP) is -2.74. The fourth-order valence-electron chi connectivity index (χ4n) is 3.60. The van der Waals surface area contributed by atoms with Crippen LogP contribution >= 0.6 is 0 Å². The van der Waals surface area contributed by atoms with Crippen LogP contribution in [0.15, 0.2) is 12.7 Å². The molecule has 1 saturated heterocycles. The molecule has 2 fully saturated rings. The Kier molecular flexibility index (Phi) is 9.22. The number of aliphatic hydroxyl groups excluding tert-OH is 7. The largest absolute Gasteiger partial charge is 0.396 e.